The van der Waals surface area contributed by atoms with E-state index in [0.717, 1.165) is 11.6 Å². The molecule has 146 valence electrons. The van der Waals surface area contributed by atoms with E-state index in [1.165, 1.54) is 12.1 Å². The fourth-order valence-corrected chi connectivity index (χ4v) is 2.82. The van der Waals surface area contributed by atoms with Gasteiger partial charge in [-0.3, -0.25) is 24.7 Å². The van der Waals surface area contributed by atoms with Gasteiger partial charge in [-0.2, -0.15) is 0 Å². The number of nitro groups is 1. The zero-order valence-corrected chi connectivity index (χ0v) is 15.7. The molecular formula is C20H15ClN4O4. The minimum Gasteiger partial charge on any atom is -0.348 e. The highest BCUT2D eigenvalue weighted by Gasteiger charge is 2.18. The van der Waals surface area contributed by atoms with Crippen molar-refractivity contribution in [1.82, 2.24) is 10.3 Å². The summed E-state index contributed by atoms with van der Waals surface area (Å²) in [7, 11) is 0. The Bertz CT molecular complexity index is 1070. The van der Waals surface area contributed by atoms with Crippen LogP contribution in [0.5, 0.6) is 0 Å². The van der Waals surface area contributed by atoms with Gasteiger partial charge < -0.3 is 10.6 Å². The van der Waals surface area contributed by atoms with Gasteiger partial charge in [-0.15, -0.1) is 0 Å². The van der Waals surface area contributed by atoms with Gasteiger partial charge in [0.15, 0.2) is 0 Å². The van der Waals surface area contributed by atoms with Crippen LogP contribution in [0.4, 0.5) is 11.4 Å². The smallest absolute Gasteiger partial charge is 0.270 e. The lowest BCUT2D eigenvalue weighted by atomic mass is 10.1. The van der Waals surface area contributed by atoms with Crippen LogP contribution in [0.3, 0.4) is 0 Å². The Morgan fingerprint density at radius 3 is 2.52 bits per heavy atom. The predicted molar refractivity (Wildman–Crippen MR) is 108 cm³/mol. The zero-order chi connectivity index (χ0) is 20.8. The highest BCUT2D eigenvalue weighted by atomic mass is 35.5. The Hall–Kier alpha value is -3.78. The minimum absolute atomic E-state index is 0.0582. The summed E-state index contributed by atoms with van der Waals surface area (Å²) in [6.45, 7) is 0.281. The number of nitrogens with one attached hydrogen (secondary N) is 2. The molecule has 0 radical (unpaired) electrons. The van der Waals surface area contributed by atoms with E-state index in [4.69, 9.17) is 11.6 Å². The van der Waals surface area contributed by atoms with E-state index < -0.39 is 10.8 Å². The Kier molecular flexibility index (Phi) is 6.16. The van der Waals surface area contributed by atoms with Crippen molar-refractivity contribution in [2.45, 2.75) is 6.54 Å². The second kappa shape index (κ2) is 8.94. The fraction of sp³-hybridized carbons (Fsp3) is 0.0500. The molecule has 3 aromatic rings. The van der Waals surface area contributed by atoms with Crippen molar-refractivity contribution >= 4 is 34.8 Å². The highest BCUT2D eigenvalue weighted by molar-refractivity contribution is 6.34. The van der Waals surface area contributed by atoms with E-state index in [1.807, 2.05) is 6.07 Å². The predicted octanol–water partition coefficient (Wildman–Crippen LogP) is 3.83. The first kappa shape index (κ1) is 20.0. The number of rotatable bonds is 6. The maximum Gasteiger partial charge on any atom is 0.270 e. The van der Waals surface area contributed by atoms with Gasteiger partial charge in [-0.05, 0) is 29.8 Å². The van der Waals surface area contributed by atoms with Crippen LogP contribution >= 0.6 is 11.6 Å². The summed E-state index contributed by atoms with van der Waals surface area (Å²) in [4.78, 5) is 39.3. The van der Waals surface area contributed by atoms with Gasteiger partial charge in [0.1, 0.15) is 0 Å². The van der Waals surface area contributed by atoms with E-state index in [0.29, 0.717) is 0 Å². The number of hydrogen-bond acceptors (Lipinski definition) is 5. The minimum atomic E-state index is -0.602. The van der Waals surface area contributed by atoms with Crippen LogP contribution in [0.25, 0.3) is 0 Å². The molecule has 1 heterocycles. The van der Waals surface area contributed by atoms with Crippen molar-refractivity contribution in [3.05, 3.63) is 98.8 Å². The first-order chi connectivity index (χ1) is 14.0. The Labute approximate surface area is 170 Å². The quantitative estimate of drug-likeness (QED) is 0.473. The Morgan fingerprint density at radius 1 is 1.03 bits per heavy atom. The molecule has 0 aliphatic heterocycles. The van der Waals surface area contributed by atoms with E-state index in [1.54, 1.807) is 42.7 Å². The number of benzene rings is 2. The van der Waals surface area contributed by atoms with Gasteiger partial charge in [-0.1, -0.05) is 29.8 Å². The first-order valence-corrected chi connectivity index (χ1v) is 8.85. The summed E-state index contributed by atoms with van der Waals surface area (Å²) in [6, 6.07) is 13.7. The zero-order valence-electron chi connectivity index (χ0n) is 15.0. The Morgan fingerprint density at radius 2 is 1.83 bits per heavy atom. The molecule has 0 unspecified atom stereocenters. The number of aromatic nitrogens is 1. The molecule has 9 heteroatoms. The number of amides is 2. The van der Waals surface area contributed by atoms with Crippen LogP contribution in [-0.4, -0.2) is 21.7 Å². The summed E-state index contributed by atoms with van der Waals surface area (Å²) in [5.74, 6) is -0.961. The van der Waals surface area contributed by atoms with Crippen molar-refractivity contribution in [2.24, 2.45) is 0 Å². The normalized spacial score (nSPS) is 10.2. The maximum atomic E-state index is 12.6. The van der Waals surface area contributed by atoms with Gasteiger partial charge in [-0.25, -0.2) is 0 Å². The second-order valence-corrected chi connectivity index (χ2v) is 6.37. The van der Waals surface area contributed by atoms with Crippen LogP contribution in [0, 0.1) is 10.1 Å². The van der Waals surface area contributed by atoms with Gasteiger partial charge in [0, 0.05) is 31.1 Å². The molecule has 2 aromatic carbocycles. The lowest BCUT2D eigenvalue weighted by Crippen LogP contribution is -2.25. The second-order valence-electron chi connectivity index (χ2n) is 5.96. The molecule has 0 atom stereocenters. The highest BCUT2D eigenvalue weighted by Crippen LogP contribution is 2.24. The molecule has 2 amide bonds. The third kappa shape index (κ3) is 4.94. The molecule has 0 bridgehead atoms. The van der Waals surface area contributed by atoms with Crippen LogP contribution in [-0.2, 0) is 6.54 Å². The van der Waals surface area contributed by atoms with Crippen LogP contribution in [0.1, 0.15) is 26.3 Å². The molecule has 3 rings (SSSR count). The molecule has 2 N–H and O–H groups in total. The molecule has 1 aromatic heterocycles. The van der Waals surface area contributed by atoms with Crippen molar-refractivity contribution in [3.63, 3.8) is 0 Å². The summed E-state index contributed by atoms with van der Waals surface area (Å²) >= 11 is 6.00. The average Bonchev–Trinajstić information content (AvgIpc) is 2.73. The third-order valence-electron chi connectivity index (χ3n) is 4.00. The summed E-state index contributed by atoms with van der Waals surface area (Å²) in [5, 5.41) is 16.1. The number of pyridine rings is 1. The number of carbonyl (C=O) groups is 2. The van der Waals surface area contributed by atoms with Crippen molar-refractivity contribution in [2.75, 3.05) is 5.32 Å². The van der Waals surface area contributed by atoms with E-state index in [9.17, 15) is 19.7 Å². The standard InChI is InChI=1S/C20H15ClN4O4/c21-17-10-14(25(28)29)7-8-15(17)20(27)24-18-6-2-1-5-16(18)19(26)23-12-13-4-3-9-22-11-13/h1-11H,12H2,(H,23,26)(H,24,27). The number of halogens is 1. The van der Waals surface area contributed by atoms with Crippen LogP contribution < -0.4 is 10.6 Å². The number of carbonyl (C=O) groups excluding carboxylic acids is 2. The summed E-state index contributed by atoms with van der Waals surface area (Å²) in [5.41, 5.74) is 1.22. The van der Waals surface area contributed by atoms with E-state index in [2.05, 4.69) is 15.6 Å². The van der Waals surface area contributed by atoms with Crippen molar-refractivity contribution < 1.29 is 14.5 Å². The number of nitrogens with zero attached hydrogens (tertiary/aromatic N) is 2. The van der Waals surface area contributed by atoms with Crippen LogP contribution in [0.15, 0.2) is 67.0 Å². The molecule has 0 spiro atoms. The third-order valence-corrected chi connectivity index (χ3v) is 4.32. The molecule has 0 saturated carbocycles. The lowest BCUT2D eigenvalue weighted by Gasteiger charge is -2.12. The van der Waals surface area contributed by atoms with Crippen molar-refractivity contribution in [1.29, 1.82) is 0 Å². The van der Waals surface area contributed by atoms with E-state index in [-0.39, 0.29) is 40.0 Å². The molecule has 8 nitrogen and oxygen atoms in total. The number of hydrogen-bond donors (Lipinski definition) is 2. The fourth-order valence-electron chi connectivity index (χ4n) is 2.56. The number of non-ortho nitro benzene ring substituents is 1. The van der Waals surface area contributed by atoms with Gasteiger partial charge in [0.2, 0.25) is 0 Å². The molecule has 0 aliphatic carbocycles. The summed E-state index contributed by atoms with van der Waals surface area (Å²) in [6.07, 6.45) is 3.28. The summed E-state index contributed by atoms with van der Waals surface area (Å²) < 4.78 is 0. The molecule has 0 aliphatic rings. The lowest BCUT2D eigenvalue weighted by molar-refractivity contribution is -0.384. The maximum absolute atomic E-state index is 12.6. The number of anilines is 1. The first-order valence-electron chi connectivity index (χ1n) is 8.47. The molecule has 29 heavy (non-hydrogen) atoms. The van der Waals surface area contributed by atoms with Gasteiger partial charge >= 0.3 is 0 Å². The van der Waals surface area contributed by atoms with Gasteiger partial charge in [0.25, 0.3) is 17.5 Å². The largest absolute Gasteiger partial charge is 0.348 e. The van der Waals surface area contributed by atoms with Gasteiger partial charge in [0.05, 0.1) is 26.8 Å². The van der Waals surface area contributed by atoms with Crippen molar-refractivity contribution in [3.8, 4) is 0 Å². The topological polar surface area (TPSA) is 114 Å². The SMILES string of the molecule is O=C(Nc1ccccc1C(=O)NCc1cccnc1)c1ccc([N+](=O)[O-])cc1Cl. The number of nitro benzene ring substituents is 1. The molecular weight excluding hydrogens is 396 g/mol. The van der Waals surface area contributed by atoms with Crippen LogP contribution in [0.2, 0.25) is 5.02 Å². The molecule has 0 fully saturated rings. The Balaban J connectivity index is 1.75. The average molecular weight is 411 g/mol. The number of para-hydroxylation sites is 1. The molecule has 0 saturated heterocycles. The monoisotopic (exact) mass is 410 g/mol. The van der Waals surface area contributed by atoms with E-state index >= 15 is 0 Å².